The van der Waals surface area contributed by atoms with E-state index in [1.807, 2.05) is 4.90 Å². The van der Waals surface area contributed by atoms with E-state index in [0.29, 0.717) is 41.9 Å². The first kappa shape index (κ1) is 20.7. The Morgan fingerprint density at radius 3 is 2.21 bits per heavy atom. The highest BCUT2D eigenvalue weighted by molar-refractivity contribution is 9.10. The summed E-state index contributed by atoms with van der Waals surface area (Å²) in [7, 11) is -1.52. The fraction of sp³-hybridized carbons (Fsp3) is 0.389. The van der Waals surface area contributed by atoms with Gasteiger partial charge < -0.3 is 4.90 Å². The predicted octanol–water partition coefficient (Wildman–Crippen LogP) is 1.23. The van der Waals surface area contributed by atoms with E-state index in [-0.39, 0.29) is 23.1 Å². The average molecular weight is 469 g/mol. The van der Waals surface area contributed by atoms with Crippen LogP contribution in [0.4, 0.5) is 0 Å². The molecule has 0 unspecified atom stereocenters. The second-order valence-electron chi connectivity index (χ2n) is 6.79. The number of Topliss-reactive ketones (excluding diaryl/α,β-unsaturated/α-hetero) is 1. The molecule has 0 atom stereocenters. The van der Waals surface area contributed by atoms with Gasteiger partial charge >= 0.3 is 0 Å². The normalized spacial score (nSPS) is 15.6. The summed E-state index contributed by atoms with van der Waals surface area (Å²) in [6.07, 6.45) is 2.87. The predicted molar refractivity (Wildman–Crippen MR) is 107 cm³/mol. The molecule has 0 saturated carbocycles. The lowest BCUT2D eigenvalue weighted by Crippen LogP contribution is -2.50. The van der Waals surface area contributed by atoms with E-state index < -0.39 is 9.84 Å². The molecule has 10 heteroatoms. The lowest BCUT2D eigenvalue weighted by atomic mass is 10.1. The fourth-order valence-corrected chi connectivity index (χ4v) is 4.22. The quantitative estimate of drug-likeness (QED) is 0.612. The summed E-state index contributed by atoms with van der Waals surface area (Å²) >= 11 is 3.35. The summed E-state index contributed by atoms with van der Waals surface area (Å²) in [5.74, 6) is -0.206. The molecule has 8 nitrogen and oxygen atoms in total. The number of rotatable bonds is 5. The average Bonchev–Trinajstić information content (AvgIpc) is 2.99. The van der Waals surface area contributed by atoms with E-state index in [1.54, 1.807) is 22.8 Å². The number of ketones is 1. The topological polar surface area (TPSA) is 92.6 Å². The summed E-state index contributed by atoms with van der Waals surface area (Å²) < 4.78 is 25.3. The molecule has 0 radical (unpaired) electrons. The number of carbonyl (C=O) groups excluding carboxylic acids is 2. The van der Waals surface area contributed by atoms with E-state index in [0.717, 1.165) is 6.26 Å². The number of benzene rings is 1. The number of nitrogens with zero attached hydrogens (tertiary/aromatic N) is 4. The molecule has 150 valence electrons. The SMILES string of the molecule is Cn1cc(Br)c(C(=O)N2CCN(CC(=O)c3ccc(S(C)(=O)=O)cc3)CC2)n1. The van der Waals surface area contributed by atoms with Crippen molar-refractivity contribution < 1.29 is 18.0 Å². The number of piperazine rings is 1. The standard InChI is InChI=1S/C18H21BrN4O4S/c1-21-11-15(19)17(20-21)18(25)23-9-7-22(8-10-23)12-16(24)13-3-5-14(6-4-13)28(2,26)27/h3-6,11H,7-10,12H2,1-2H3. The summed E-state index contributed by atoms with van der Waals surface area (Å²) in [6, 6.07) is 5.97. The molecule has 3 rings (SSSR count). The first-order valence-electron chi connectivity index (χ1n) is 8.69. The third-order valence-electron chi connectivity index (χ3n) is 4.62. The van der Waals surface area contributed by atoms with Gasteiger partial charge in [0.05, 0.1) is 15.9 Å². The van der Waals surface area contributed by atoms with Crippen molar-refractivity contribution in [2.45, 2.75) is 4.90 Å². The maximum absolute atomic E-state index is 12.6. The van der Waals surface area contributed by atoms with Gasteiger partial charge in [-0.1, -0.05) is 12.1 Å². The third kappa shape index (κ3) is 4.68. The van der Waals surface area contributed by atoms with Crippen molar-refractivity contribution in [1.82, 2.24) is 19.6 Å². The van der Waals surface area contributed by atoms with Crippen LogP contribution in [0.2, 0.25) is 0 Å². The number of sulfone groups is 1. The second kappa shape index (κ2) is 8.14. The zero-order valence-electron chi connectivity index (χ0n) is 15.6. The minimum absolute atomic E-state index is 0.0766. The largest absolute Gasteiger partial charge is 0.335 e. The molecule has 1 aliphatic rings. The van der Waals surface area contributed by atoms with Gasteiger partial charge in [-0.15, -0.1) is 0 Å². The molecule has 1 aromatic carbocycles. The van der Waals surface area contributed by atoms with Gasteiger partial charge in [0.1, 0.15) is 0 Å². The van der Waals surface area contributed by atoms with Crippen LogP contribution >= 0.6 is 15.9 Å². The van der Waals surface area contributed by atoms with Crippen LogP contribution in [-0.4, -0.2) is 78.7 Å². The van der Waals surface area contributed by atoms with E-state index >= 15 is 0 Å². The van der Waals surface area contributed by atoms with E-state index in [2.05, 4.69) is 21.0 Å². The monoisotopic (exact) mass is 468 g/mol. The van der Waals surface area contributed by atoms with Crippen molar-refractivity contribution in [1.29, 1.82) is 0 Å². The first-order valence-corrected chi connectivity index (χ1v) is 11.4. The molecule has 2 aromatic rings. The Balaban J connectivity index is 1.56. The van der Waals surface area contributed by atoms with Crippen molar-refractivity contribution in [3.63, 3.8) is 0 Å². The van der Waals surface area contributed by atoms with Crippen LogP contribution in [0.5, 0.6) is 0 Å². The minimum Gasteiger partial charge on any atom is -0.335 e. The molecule has 1 aliphatic heterocycles. The van der Waals surface area contributed by atoms with Crippen LogP contribution in [0, 0.1) is 0 Å². The number of aryl methyl sites for hydroxylation is 1. The van der Waals surface area contributed by atoms with Crippen molar-refractivity contribution in [2.24, 2.45) is 7.05 Å². The number of aromatic nitrogens is 2. The summed E-state index contributed by atoms with van der Waals surface area (Å²) in [6.45, 7) is 2.44. The Morgan fingerprint density at radius 1 is 1.11 bits per heavy atom. The second-order valence-corrected chi connectivity index (χ2v) is 9.66. The van der Waals surface area contributed by atoms with Gasteiger partial charge in [-0.25, -0.2) is 8.42 Å². The third-order valence-corrected chi connectivity index (χ3v) is 6.33. The molecule has 0 aliphatic carbocycles. The van der Waals surface area contributed by atoms with Crippen molar-refractivity contribution in [2.75, 3.05) is 39.0 Å². The zero-order valence-corrected chi connectivity index (χ0v) is 18.0. The molecule has 0 bridgehead atoms. The molecule has 1 amide bonds. The number of carbonyl (C=O) groups is 2. The molecular formula is C18H21BrN4O4S. The van der Waals surface area contributed by atoms with Crippen LogP contribution < -0.4 is 0 Å². The molecule has 1 aromatic heterocycles. The van der Waals surface area contributed by atoms with Gasteiger partial charge in [0.15, 0.2) is 21.3 Å². The van der Waals surface area contributed by atoms with Gasteiger partial charge in [-0.3, -0.25) is 19.2 Å². The number of hydrogen-bond donors (Lipinski definition) is 0. The van der Waals surface area contributed by atoms with Gasteiger partial charge in [0.2, 0.25) is 0 Å². The van der Waals surface area contributed by atoms with Crippen LogP contribution in [0.25, 0.3) is 0 Å². The Bertz CT molecular complexity index is 993. The molecule has 28 heavy (non-hydrogen) atoms. The van der Waals surface area contributed by atoms with E-state index in [9.17, 15) is 18.0 Å². The Hall–Kier alpha value is -2.04. The smallest absolute Gasteiger partial charge is 0.275 e. The molecule has 1 fully saturated rings. The highest BCUT2D eigenvalue weighted by Crippen LogP contribution is 2.17. The Morgan fingerprint density at radius 2 is 1.71 bits per heavy atom. The van der Waals surface area contributed by atoms with Crippen LogP contribution in [0.15, 0.2) is 39.8 Å². The highest BCUT2D eigenvalue weighted by atomic mass is 79.9. The fourth-order valence-electron chi connectivity index (χ4n) is 3.05. The summed E-state index contributed by atoms with van der Waals surface area (Å²) in [4.78, 5) is 29.0. The lowest BCUT2D eigenvalue weighted by molar-refractivity contribution is 0.0617. The number of amides is 1. The van der Waals surface area contributed by atoms with Crippen molar-refractivity contribution in [3.05, 3.63) is 46.2 Å². The van der Waals surface area contributed by atoms with Gasteiger partial charge in [-0.05, 0) is 28.1 Å². The maximum atomic E-state index is 12.6. The minimum atomic E-state index is -3.28. The molecule has 2 heterocycles. The first-order chi connectivity index (χ1) is 13.1. The summed E-state index contributed by atoms with van der Waals surface area (Å²) in [5, 5.41) is 4.18. The van der Waals surface area contributed by atoms with Gasteiger partial charge in [-0.2, -0.15) is 5.10 Å². The highest BCUT2D eigenvalue weighted by Gasteiger charge is 2.26. The van der Waals surface area contributed by atoms with Gasteiger partial charge in [0, 0.05) is 51.2 Å². The maximum Gasteiger partial charge on any atom is 0.275 e. The zero-order chi connectivity index (χ0) is 20.5. The molecular weight excluding hydrogens is 448 g/mol. The van der Waals surface area contributed by atoms with Gasteiger partial charge in [0.25, 0.3) is 5.91 Å². The van der Waals surface area contributed by atoms with Crippen LogP contribution in [0.1, 0.15) is 20.8 Å². The van der Waals surface area contributed by atoms with Crippen molar-refractivity contribution in [3.8, 4) is 0 Å². The van der Waals surface area contributed by atoms with Crippen molar-refractivity contribution >= 4 is 37.5 Å². The van der Waals surface area contributed by atoms with E-state index in [1.165, 1.54) is 24.3 Å². The number of halogens is 1. The Kier molecular flexibility index (Phi) is 6.01. The summed E-state index contributed by atoms with van der Waals surface area (Å²) in [5.41, 5.74) is 0.862. The molecule has 0 N–H and O–H groups in total. The van der Waals surface area contributed by atoms with E-state index in [4.69, 9.17) is 0 Å². The molecule has 1 saturated heterocycles. The lowest BCUT2D eigenvalue weighted by Gasteiger charge is -2.34. The molecule has 0 spiro atoms. The number of hydrogen-bond acceptors (Lipinski definition) is 6. The van der Waals surface area contributed by atoms with Crippen LogP contribution in [0.3, 0.4) is 0 Å². The van der Waals surface area contributed by atoms with Crippen LogP contribution in [-0.2, 0) is 16.9 Å². The Labute approximate surface area is 172 Å².